The molecule has 4 rings (SSSR count). The third-order valence-electron chi connectivity index (χ3n) is 4.76. The molecule has 3 heterocycles. The molecule has 0 atom stereocenters. The fourth-order valence-corrected chi connectivity index (χ4v) is 3.42. The minimum atomic E-state index is -0.373. The third kappa shape index (κ3) is 3.99. The molecule has 0 fully saturated rings. The first-order valence-electron chi connectivity index (χ1n) is 9.52. The van der Waals surface area contributed by atoms with Gasteiger partial charge in [0.1, 0.15) is 22.7 Å². The summed E-state index contributed by atoms with van der Waals surface area (Å²) in [7, 11) is 1.63. The Bertz CT molecular complexity index is 1290. The quantitative estimate of drug-likeness (QED) is 0.496. The highest BCUT2D eigenvalue weighted by molar-refractivity contribution is 6.33. The van der Waals surface area contributed by atoms with Gasteiger partial charge in [0.25, 0.3) is 5.91 Å². The van der Waals surface area contributed by atoms with Crippen LogP contribution in [0.15, 0.2) is 58.0 Å². The Morgan fingerprint density at radius 3 is 2.71 bits per heavy atom. The molecule has 158 valence electrons. The molecule has 0 saturated heterocycles. The van der Waals surface area contributed by atoms with Crippen molar-refractivity contribution in [1.82, 2.24) is 29.8 Å². The number of hydrogen-bond acceptors (Lipinski definition) is 6. The summed E-state index contributed by atoms with van der Waals surface area (Å²) in [6.45, 7) is 2.03. The summed E-state index contributed by atoms with van der Waals surface area (Å²) in [5.74, 6) is 0.454. The number of hydrogen-bond donors (Lipinski definition) is 1. The second-order valence-corrected chi connectivity index (χ2v) is 7.21. The van der Waals surface area contributed by atoms with Crippen LogP contribution in [0.5, 0.6) is 0 Å². The van der Waals surface area contributed by atoms with Gasteiger partial charge in [0.05, 0.1) is 11.6 Å². The normalized spacial score (nSPS) is 10.9. The van der Waals surface area contributed by atoms with Crippen molar-refractivity contribution < 1.29 is 9.32 Å². The Balaban J connectivity index is 1.50. The van der Waals surface area contributed by atoms with Crippen LogP contribution in [-0.4, -0.2) is 36.9 Å². The largest absolute Gasteiger partial charge is 0.360 e. The van der Waals surface area contributed by atoms with Crippen LogP contribution in [0.25, 0.3) is 22.8 Å². The highest BCUT2D eigenvalue weighted by atomic mass is 35.5. The van der Waals surface area contributed by atoms with E-state index in [2.05, 4.69) is 20.6 Å². The van der Waals surface area contributed by atoms with Gasteiger partial charge in [-0.1, -0.05) is 41.0 Å². The molecule has 0 saturated carbocycles. The lowest BCUT2D eigenvalue weighted by molar-refractivity contribution is 0.0951. The lowest BCUT2D eigenvalue weighted by Gasteiger charge is -2.06. The number of benzene rings is 1. The Labute approximate surface area is 182 Å². The van der Waals surface area contributed by atoms with Crippen molar-refractivity contribution in [2.24, 2.45) is 7.05 Å². The second-order valence-electron chi connectivity index (χ2n) is 6.80. The van der Waals surface area contributed by atoms with Crippen molar-refractivity contribution in [1.29, 1.82) is 0 Å². The van der Waals surface area contributed by atoms with E-state index in [9.17, 15) is 9.59 Å². The van der Waals surface area contributed by atoms with E-state index < -0.39 is 0 Å². The van der Waals surface area contributed by atoms with Gasteiger partial charge in [0.2, 0.25) is 0 Å². The highest BCUT2D eigenvalue weighted by Crippen LogP contribution is 2.30. The summed E-state index contributed by atoms with van der Waals surface area (Å²) >= 11 is 6.25. The first-order chi connectivity index (χ1) is 15.0. The Morgan fingerprint density at radius 2 is 1.97 bits per heavy atom. The van der Waals surface area contributed by atoms with Crippen LogP contribution in [0.2, 0.25) is 5.02 Å². The first-order valence-corrected chi connectivity index (χ1v) is 9.89. The minimum absolute atomic E-state index is 0.185. The zero-order valence-corrected chi connectivity index (χ0v) is 17.6. The van der Waals surface area contributed by atoms with Gasteiger partial charge in [0.15, 0.2) is 5.82 Å². The molecule has 31 heavy (non-hydrogen) atoms. The summed E-state index contributed by atoms with van der Waals surface area (Å²) in [6, 6.07) is 12.5. The number of nitrogens with zero attached hydrogens (tertiary/aromatic N) is 5. The van der Waals surface area contributed by atoms with Gasteiger partial charge >= 0.3 is 5.69 Å². The zero-order valence-electron chi connectivity index (χ0n) is 16.9. The summed E-state index contributed by atoms with van der Waals surface area (Å²) in [6.07, 6.45) is 1.64. The first kappa shape index (κ1) is 20.5. The summed E-state index contributed by atoms with van der Waals surface area (Å²) in [4.78, 5) is 29.5. The highest BCUT2D eigenvalue weighted by Gasteiger charge is 2.23. The molecule has 0 bridgehead atoms. The van der Waals surface area contributed by atoms with Crippen LogP contribution in [0.3, 0.4) is 0 Å². The van der Waals surface area contributed by atoms with E-state index in [-0.39, 0.29) is 24.7 Å². The molecule has 1 N–H and O–H groups in total. The standard InChI is InChI=1S/C21H19ClN6O3/c1-13-17(18(26-31-13)14-7-3-4-8-15(14)22)20(29)24-11-12-28-21(30)27(2)19(25-28)16-9-5-6-10-23-16/h3-10H,11-12H2,1-2H3,(H,24,29). The molecule has 0 aliphatic carbocycles. The number of aryl methyl sites for hydroxylation is 1. The van der Waals surface area contributed by atoms with Crippen molar-refractivity contribution in [3.63, 3.8) is 0 Å². The van der Waals surface area contributed by atoms with E-state index in [1.165, 1.54) is 9.25 Å². The monoisotopic (exact) mass is 438 g/mol. The molecule has 1 amide bonds. The number of carbonyl (C=O) groups is 1. The van der Waals surface area contributed by atoms with E-state index in [4.69, 9.17) is 16.1 Å². The van der Waals surface area contributed by atoms with Crippen LogP contribution in [0.1, 0.15) is 16.1 Å². The number of carbonyl (C=O) groups excluding carboxylic acids is 1. The van der Waals surface area contributed by atoms with E-state index in [0.29, 0.717) is 39.1 Å². The van der Waals surface area contributed by atoms with Crippen LogP contribution >= 0.6 is 11.6 Å². The number of nitrogens with one attached hydrogen (secondary N) is 1. The fraction of sp³-hybridized carbons (Fsp3) is 0.190. The Hall–Kier alpha value is -3.72. The molecule has 9 nitrogen and oxygen atoms in total. The van der Waals surface area contributed by atoms with Crippen molar-refractivity contribution in [2.75, 3.05) is 6.54 Å². The van der Waals surface area contributed by atoms with E-state index in [1.54, 1.807) is 56.6 Å². The number of halogens is 1. The maximum atomic E-state index is 12.8. The predicted octanol–water partition coefficient (Wildman–Crippen LogP) is 2.69. The maximum absolute atomic E-state index is 12.8. The number of pyridine rings is 1. The van der Waals surface area contributed by atoms with Crippen molar-refractivity contribution >= 4 is 17.5 Å². The molecule has 0 aliphatic rings. The Kier molecular flexibility index (Phi) is 5.68. The van der Waals surface area contributed by atoms with Crippen LogP contribution in [-0.2, 0) is 13.6 Å². The minimum Gasteiger partial charge on any atom is -0.360 e. The third-order valence-corrected chi connectivity index (χ3v) is 5.09. The second kappa shape index (κ2) is 8.57. The van der Waals surface area contributed by atoms with Crippen LogP contribution in [0.4, 0.5) is 0 Å². The molecule has 1 aromatic carbocycles. The van der Waals surface area contributed by atoms with Crippen LogP contribution < -0.4 is 11.0 Å². The average molecular weight is 439 g/mol. The van der Waals surface area contributed by atoms with E-state index in [0.717, 1.165) is 0 Å². The van der Waals surface area contributed by atoms with Gasteiger partial charge in [-0.2, -0.15) is 0 Å². The van der Waals surface area contributed by atoms with Crippen molar-refractivity contribution in [3.8, 4) is 22.8 Å². The molecule has 10 heteroatoms. The summed E-state index contributed by atoms with van der Waals surface area (Å²) in [5, 5.41) is 11.6. The van der Waals surface area contributed by atoms with Crippen molar-refractivity contribution in [3.05, 3.63) is 75.5 Å². The molecule has 0 unspecified atom stereocenters. The fourth-order valence-electron chi connectivity index (χ4n) is 3.19. The van der Waals surface area contributed by atoms with Crippen LogP contribution in [0, 0.1) is 6.92 Å². The van der Waals surface area contributed by atoms with Gasteiger partial charge < -0.3 is 9.84 Å². The molecule has 0 radical (unpaired) electrons. The number of aromatic nitrogens is 5. The molecule has 0 spiro atoms. The Morgan fingerprint density at radius 1 is 1.19 bits per heavy atom. The van der Waals surface area contributed by atoms with Crippen molar-refractivity contribution in [2.45, 2.75) is 13.5 Å². The lowest BCUT2D eigenvalue weighted by Crippen LogP contribution is -2.32. The summed E-state index contributed by atoms with van der Waals surface area (Å²) < 4.78 is 7.94. The summed E-state index contributed by atoms with van der Waals surface area (Å²) in [5.41, 5.74) is 1.57. The van der Waals surface area contributed by atoms with Gasteiger partial charge in [-0.25, -0.2) is 9.48 Å². The molecular weight excluding hydrogens is 420 g/mol. The van der Waals surface area contributed by atoms with Gasteiger partial charge in [-0.15, -0.1) is 5.10 Å². The van der Waals surface area contributed by atoms with Gasteiger partial charge in [0, 0.05) is 25.4 Å². The van der Waals surface area contributed by atoms with Gasteiger partial charge in [-0.3, -0.25) is 14.3 Å². The molecule has 4 aromatic rings. The van der Waals surface area contributed by atoms with Gasteiger partial charge in [-0.05, 0) is 25.1 Å². The SMILES string of the molecule is Cc1onc(-c2ccccc2Cl)c1C(=O)NCCn1nc(-c2ccccn2)n(C)c1=O. The maximum Gasteiger partial charge on any atom is 0.346 e. The van der Waals surface area contributed by atoms with E-state index in [1.807, 2.05) is 6.07 Å². The molecule has 3 aromatic heterocycles. The molecular formula is C21H19ClN6O3. The lowest BCUT2D eigenvalue weighted by atomic mass is 10.1. The number of amides is 1. The topological polar surface area (TPSA) is 108 Å². The molecule has 0 aliphatic heterocycles. The zero-order chi connectivity index (χ0) is 22.0. The average Bonchev–Trinajstić information content (AvgIpc) is 3.29. The predicted molar refractivity (Wildman–Crippen MR) is 115 cm³/mol. The smallest absolute Gasteiger partial charge is 0.346 e. The number of rotatable bonds is 6. The van der Waals surface area contributed by atoms with E-state index >= 15 is 0 Å².